The lowest BCUT2D eigenvalue weighted by Gasteiger charge is -2.32. The molecule has 1 atom stereocenters. The van der Waals surface area contributed by atoms with E-state index in [0.29, 0.717) is 0 Å². The first-order chi connectivity index (χ1) is 13.7. The van der Waals surface area contributed by atoms with Gasteiger partial charge in [0.25, 0.3) is 0 Å². The Morgan fingerprint density at radius 1 is 1.10 bits per heavy atom. The van der Waals surface area contributed by atoms with Crippen LogP contribution in [0.25, 0.3) is 0 Å². The number of esters is 2. The molecule has 0 bridgehead atoms. The van der Waals surface area contributed by atoms with Crippen molar-refractivity contribution in [3.8, 4) is 0 Å². The van der Waals surface area contributed by atoms with Crippen LogP contribution in [-0.2, 0) is 40.5 Å². The lowest BCUT2D eigenvalue weighted by atomic mass is 10.2. The minimum atomic E-state index is -6.23. The number of ether oxygens (including phenoxy) is 3. The molecular weight excluding hydrogens is 447 g/mol. The van der Waals surface area contributed by atoms with Crippen molar-refractivity contribution in [2.24, 2.45) is 0 Å². The third-order valence-corrected chi connectivity index (χ3v) is 4.27. The first kappa shape index (κ1) is 25.5. The number of benzene rings is 1. The molecule has 0 fully saturated rings. The molecule has 0 aliphatic carbocycles. The summed E-state index contributed by atoms with van der Waals surface area (Å²) in [5, 5.41) is -5.01. The molecule has 1 aromatic rings. The molecule has 0 aromatic heterocycles. The summed E-state index contributed by atoms with van der Waals surface area (Å²) in [6.07, 6.45) is -7.68. The zero-order chi connectivity index (χ0) is 23.2. The van der Waals surface area contributed by atoms with Crippen LogP contribution < -0.4 is 0 Å². The van der Waals surface area contributed by atoms with Gasteiger partial charge in [0.2, 0.25) is 0 Å². The molecule has 14 heteroatoms. The topological polar surface area (TPSA) is 119 Å². The van der Waals surface area contributed by atoms with E-state index in [1.165, 1.54) is 24.3 Å². The van der Waals surface area contributed by atoms with E-state index in [1.54, 1.807) is 6.07 Å². The maximum absolute atomic E-state index is 13.6. The molecule has 1 aromatic carbocycles. The number of halogens is 5. The number of hydrogen-bond donors (Lipinski definition) is 0. The Bertz CT molecular complexity index is 869. The van der Waals surface area contributed by atoms with E-state index >= 15 is 0 Å². The highest BCUT2D eigenvalue weighted by atomic mass is 32.2. The maximum atomic E-state index is 13.6. The summed E-state index contributed by atoms with van der Waals surface area (Å²) >= 11 is 0. The largest absolute Gasteiger partial charge is 0.743 e. The molecule has 30 heavy (non-hydrogen) atoms. The van der Waals surface area contributed by atoms with Crippen LogP contribution >= 0.6 is 0 Å². The van der Waals surface area contributed by atoms with Crippen molar-refractivity contribution in [1.82, 2.24) is 0 Å². The third-order valence-electron chi connectivity index (χ3n) is 3.33. The fourth-order valence-electron chi connectivity index (χ4n) is 1.83. The molecule has 0 saturated carbocycles. The molecule has 0 heterocycles. The average molecular weight is 461 g/mol. The van der Waals surface area contributed by atoms with Crippen molar-refractivity contribution in [3.05, 3.63) is 48.6 Å². The van der Waals surface area contributed by atoms with Crippen LogP contribution in [0.15, 0.2) is 43.0 Å². The van der Waals surface area contributed by atoms with Gasteiger partial charge in [-0.1, -0.05) is 36.9 Å². The highest BCUT2D eigenvalue weighted by Crippen LogP contribution is 2.38. The fourth-order valence-corrected chi connectivity index (χ4v) is 2.16. The summed E-state index contributed by atoms with van der Waals surface area (Å²) in [7, 11) is -6.23. The van der Waals surface area contributed by atoms with Crippen LogP contribution in [0, 0.1) is 0 Å². The number of hydrogen-bond acceptors (Lipinski definition) is 8. The monoisotopic (exact) mass is 461 g/mol. The molecule has 1 rings (SSSR count). The van der Waals surface area contributed by atoms with Crippen LogP contribution in [0.2, 0.25) is 0 Å². The van der Waals surface area contributed by atoms with Crippen LogP contribution in [0.3, 0.4) is 0 Å². The van der Waals surface area contributed by atoms with Gasteiger partial charge in [-0.25, -0.2) is 18.0 Å². The SMILES string of the molecule is C=CC(=O)OC(OCCC(F)(F)S(=O)(=O)[O-])(C(=O)OCc1ccccc1)C(F)(F)F. The van der Waals surface area contributed by atoms with Gasteiger partial charge in [0.05, 0.1) is 6.61 Å². The highest BCUT2D eigenvalue weighted by molar-refractivity contribution is 7.86. The van der Waals surface area contributed by atoms with Gasteiger partial charge in [-0.15, -0.1) is 0 Å². The van der Waals surface area contributed by atoms with E-state index < -0.39 is 58.9 Å². The van der Waals surface area contributed by atoms with Crippen LogP contribution in [-0.4, -0.2) is 48.7 Å². The van der Waals surface area contributed by atoms with Crippen molar-refractivity contribution in [2.75, 3.05) is 6.61 Å². The quantitative estimate of drug-likeness (QED) is 0.171. The molecule has 0 aliphatic rings. The predicted octanol–water partition coefficient (Wildman–Crippen LogP) is 2.26. The van der Waals surface area contributed by atoms with Gasteiger partial charge >= 0.3 is 29.2 Å². The van der Waals surface area contributed by atoms with E-state index in [0.717, 1.165) is 0 Å². The smallest absolute Gasteiger partial charge is 0.468 e. The third kappa shape index (κ3) is 6.21. The van der Waals surface area contributed by atoms with Crippen molar-refractivity contribution in [3.63, 3.8) is 0 Å². The summed E-state index contributed by atoms with van der Waals surface area (Å²) in [6, 6.07) is 7.25. The predicted molar refractivity (Wildman–Crippen MR) is 86.5 cm³/mol. The van der Waals surface area contributed by atoms with Crippen molar-refractivity contribution >= 4 is 22.1 Å². The highest BCUT2D eigenvalue weighted by Gasteiger charge is 2.68. The molecule has 1 unspecified atom stereocenters. The van der Waals surface area contributed by atoms with Crippen LogP contribution in [0.1, 0.15) is 12.0 Å². The Kier molecular flexibility index (Phi) is 8.05. The molecule has 0 aliphatic heterocycles. The van der Waals surface area contributed by atoms with Gasteiger partial charge < -0.3 is 18.8 Å². The lowest BCUT2D eigenvalue weighted by Crippen LogP contribution is -2.58. The van der Waals surface area contributed by atoms with Gasteiger partial charge in [-0.2, -0.15) is 22.0 Å². The number of carbonyl (C=O) groups excluding carboxylic acids is 2. The van der Waals surface area contributed by atoms with Gasteiger partial charge in [-0.05, 0) is 5.56 Å². The Labute approximate surface area is 167 Å². The number of alkyl halides is 5. The zero-order valence-electron chi connectivity index (χ0n) is 14.9. The Balaban J connectivity index is 3.16. The first-order valence-electron chi connectivity index (χ1n) is 7.77. The summed E-state index contributed by atoms with van der Waals surface area (Å²) in [4.78, 5) is 23.5. The van der Waals surface area contributed by atoms with Gasteiger partial charge in [0.1, 0.15) is 6.61 Å². The lowest BCUT2D eigenvalue weighted by molar-refractivity contribution is -0.355. The molecule has 0 saturated heterocycles. The summed E-state index contributed by atoms with van der Waals surface area (Å²) in [6.45, 7) is 0.282. The number of carbonyl (C=O) groups is 2. The second kappa shape index (κ2) is 9.49. The maximum Gasteiger partial charge on any atom is 0.468 e. The molecule has 0 spiro atoms. The second-order valence-electron chi connectivity index (χ2n) is 5.49. The summed E-state index contributed by atoms with van der Waals surface area (Å²) < 4.78 is 111. The molecule has 168 valence electrons. The Morgan fingerprint density at radius 3 is 2.13 bits per heavy atom. The van der Waals surface area contributed by atoms with E-state index in [1.807, 2.05) is 0 Å². The van der Waals surface area contributed by atoms with Crippen LogP contribution in [0.4, 0.5) is 22.0 Å². The Hall–Kier alpha value is -2.58. The average Bonchev–Trinajstić information content (AvgIpc) is 2.63. The molecule has 0 amide bonds. The first-order valence-corrected chi connectivity index (χ1v) is 9.17. The van der Waals surface area contributed by atoms with Crippen LogP contribution in [0.5, 0.6) is 0 Å². The molecule has 0 radical (unpaired) electrons. The molecule has 0 N–H and O–H groups in total. The van der Waals surface area contributed by atoms with E-state index in [9.17, 15) is 44.5 Å². The van der Waals surface area contributed by atoms with Gasteiger partial charge in [0.15, 0.2) is 10.1 Å². The second-order valence-corrected chi connectivity index (χ2v) is 7.00. The molecular formula is C16H14F5O8S-. The number of rotatable bonds is 10. The Morgan fingerprint density at radius 2 is 1.67 bits per heavy atom. The van der Waals surface area contributed by atoms with Crippen molar-refractivity contribution in [1.29, 1.82) is 0 Å². The zero-order valence-corrected chi connectivity index (χ0v) is 15.7. The van der Waals surface area contributed by atoms with Gasteiger partial charge in [0, 0.05) is 12.5 Å². The fraction of sp³-hybridized carbons (Fsp3) is 0.375. The van der Waals surface area contributed by atoms with E-state index in [2.05, 4.69) is 20.8 Å². The minimum Gasteiger partial charge on any atom is -0.743 e. The van der Waals surface area contributed by atoms with E-state index in [4.69, 9.17) is 0 Å². The standard InChI is InChI=1S/C16H15F5O8S/c1-2-12(22)29-15(16(19,20)21,28-9-8-14(17,18)30(24,25)26)13(23)27-10-11-6-4-3-5-7-11/h2-7H,1,8-10H2,(H,24,25,26)/p-1. The van der Waals surface area contributed by atoms with E-state index in [-0.39, 0.29) is 11.6 Å². The van der Waals surface area contributed by atoms with Gasteiger partial charge in [-0.3, -0.25) is 0 Å². The molecule has 8 nitrogen and oxygen atoms in total. The van der Waals surface area contributed by atoms with Crippen molar-refractivity contribution in [2.45, 2.75) is 30.2 Å². The summed E-state index contributed by atoms with van der Waals surface area (Å²) in [5.41, 5.74) is 0.223. The van der Waals surface area contributed by atoms with Crippen molar-refractivity contribution < 1.29 is 58.7 Å². The minimum absolute atomic E-state index is 0.223. The normalized spacial score (nSPS) is 14.5. The summed E-state index contributed by atoms with van der Waals surface area (Å²) in [5.74, 6) is -8.68.